The van der Waals surface area contributed by atoms with Crippen molar-refractivity contribution >= 4 is 28.3 Å². The molecule has 1 N–H and O–H groups in total. The number of nitrogens with one attached hydrogen (secondary N) is 1. The summed E-state index contributed by atoms with van der Waals surface area (Å²) in [5, 5.41) is 3.19. The summed E-state index contributed by atoms with van der Waals surface area (Å²) < 4.78 is 1.14. The Morgan fingerprint density at radius 3 is 2.58 bits per heavy atom. The van der Waals surface area contributed by atoms with Crippen molar-refractivity contribution in [3.05, 3.63) is 34.3 Å². The number of benzene rings is 1. The van der Waals surface area contributed by atoms with E-state index in [0.29, 0.717) is 6.04 Å². The fourth-order valence-electron chi connectivity index (χ4n) is 0.943. The molecule has 68 valence electrons. The molecule has 0 spiro atoms. The van der Waals surface area contributed by atoms with E-state index in [2.05, 4.69) is 40.3 Å². The van der Waals surface area contributed by atoms with Crippen LogP contribution in [0.3, 0.4) is 0 Å². The highest BCUT2D eigenvalue weighted by atomic mass is 79.9. The smallest absolute Gasteiger partial charge is 0.0289 e. The van der Waals surface area contributed by atoms with Crippen LogP contribution in [0.5, 0.6) is 0 Å². The Bertz CT molecular complexity index is 240. The lowest BCUT2D eigenvalue weighted by Gasteiger charge is -2.09. The molecule has 0 aliphatic rings. The third-order valence-corrected chi connectivity index (χ3v) is 2.27. The maximum atomic E-state index is 3.43. The van der Waals surface area contributed by atoms with Gasteiger partial charge in [-0.25, -0.2) is 0 Å². The molecule has 0 fully saturated rings. The van der Waals surface area contributed by atoms with Crippen LogP contribution in [0.1, 0.15) is 18.5 Å². The Balaban J connectivity index is 0.00000121. The van der Waals surface area contributed by atoms with Gasteiger partial charge in [-0.15, -0.1) is 12.4 Å². The van der Waals surface area contributed by atoms with E-state index in [0.717, 1.165) is 4.47 Å². The van der Waals surface area contributed by atoms with Gasteiger partial charge in [0.05, 0.1) is 0 Å². The van der Waals surface area contributed by atoms with Crippen molar-refractivity contribution in [1.29, 1.82) is 0 Å². The van der Waals surface area contributed by atoms with Gasteiger partial charge in [0.25, 0.3) is 0 Å². The second kappa shape index (κ2) is 5.57. The van der Waals surface area contributed by atoms with Crippen LogP contribution in [-0.2, 0) is 0 Å². The molecule has 1 aromatic carbocycles. The quantitative estimate of drug-likeness (QED) is 0.850. The highest BCUT2D eigenvalue weighted by Crippen LogP contribution is 2.16. The van der Waals surface area contributed by atoms with Gasteiger partial charge in [-0.3, -0.25) is 0 Å². The van der Waals surface area contributed by atoms with Crippen molar-refractivity contribution < 1.29 is 0 Å². The molecular formula is C9H13BrClN. The molecule has 0 aliphatic heterocycles. The molecule has 0 unspecified atom stereocenters. The topological polar surface area (TPSA) is 12.0 Å². The van der Waals surface area contributed by atoms with E-state index in [4.69, 9.17) is 0 Å². The average molecular weight is 251 g/mol. The highest BCUT2D eigenvalue weighted by Gasteiger charge is 2.00. The Morgan fingerprint density at radius 2 is 2.08 bits per heavy atom. The fourth-order valence-corrected chi connectivity index (χ4v) is 1.36. The summed E-state index contributed by atoms with van der Waals surface area (Å²) in [5.74, 6) is 0. The molecule has 1 nitrogen and oxygen atoms in total. The predicted octanol–water partition coefficient (Wildman–Crippen LogP) is 3.15. The molecule has 1 atom stereocenters. The van der Waals surface area contributed by atoms with Gasteiger partial charge in [-0.05, 0) is 31.7 Å². The van der Waals surface area contributed by atoms with E-state index in [-0.39, 0.29) is 12.4 Å². The zero-order valence-electron chi connectivity index (χ0n) is 7.17. The average Bonchev–Trinajstić information content (AvgIpc) is 2.03. The zero-order valence-corrected chi connectivity index (χ0v) is 9.58. The first-order chi connectivity index (χ1) is 5.24. The van der Waals surface area contributed by atoms with Crippen molar-refractivity contribution in [2.24, 2.45) is 0 Å². The standard InChI is InChI=1S/C9H12BrN.ClH/c1-7(11-2)8-4-3-5-9(10)6-8;/h3-7,11H,1-2H3;1H/t7-;/m1./s1. The van der Waals surface area contributed by atoms with E-state index < -0.39 is 0 Å². The maximum absolute atomic E-state index is 3.43. The van der Waals surface area contributed by atoms with E-state index >= 15 is 0 Å². The monoisotopic (exact) mass is 249 g/mol. The first-order valence-electron chi connectivity index (χ1n) is 3.67. The summed E-state index contributed by atoms with van der Waals surface area (Å²) in [6.07, 6.45) is 0. The minimum absolute atomic E-state index is 0. The van der Waals surface area contributed by atoms with Crippen LogP contribution in [0, 0.1) is 0 Å². The van der Waals surface area contributed by atoms with Gasteiger partial charge in [0.1, 0.15) is 0 Å². The largest absolute Gasteiger partial charge is 0.313 e. The van der Waals surface area contributed by atoms with Gasteiger partial charge in [0.15, 0.2) is 0 Å². The van der Waals surface area contributed by atoms with Crippen molar-refractivity contribution in [1.82, 2.24) is 5.32 Å². The van der Waals surface area contributed by atoms with E-state index in [9.17, 15) is 0 Å². The third-order valence-electron chi connectivity index (χ3n) is 1.78. The molecule has 1 aromatic rings. The van der Waals surface area contributed by atoms with Crippen molar-refractivity contribution in [2.75, 3.05) is 7.05 Å². The van der Waals surface area contributed by atoms with Crippen molar-refractivity contribution in [2.45, 2.75) is 13.0 Å². The maximum Gasteiger partial charge on any atom is 0.0289 e. The van der Waals surface area contributed by atoms with Crippen LogP contribution in [0.2, 0.25) is 0 Å². The lowest BCUT2D eigenvalue weighted by Crippen LogP contribution is -2.11. The summed E-state index contributed by atoms with van der Waals surface area (Å²) in [6.45, 7) is 2.14. The minimum Gasteiger partial charge on any atom is -0.313 e. The second-order valence-electron chi connectivity index (χ2n) is 2.57. The van der Waals surface area contributed by atoms with Gasteiger partial charge in [0.2, 0.25) is 0 Å². The van der Waals surface area contributed by atoms with Crippen molar-refractivity contribution in [3.63, 3.8) is 0 Å². The Morgan fingerprint density at radius 1 is 1.42 bits per heavy atom. The van der Waals surface area contributed by atoms with E-state index in [1.807, 2.05) is 19.2 Å². The minimum atomic E-state index is 0. The molecule has 0 aromatic heterocycles. The zero-order chi connectivity index (χ0) is 8.27. The molecule has 0 saturated carbocycles. The molecular weight excluding hydrogens is 237 g/mol. The van der Waals surface area contributed by atoms with Crippen LogP contribution in [0.25, 0.3) is 0 Å². The van der Waals surface area contributed by atoms with Crippen LogP contribution in [0.15, 0.2) is 28.7 Å². The van der Waals surface area contributed by atoms with Gasteiger partial charge < -0.3 is 5.32 Å². The molecule has 3 heteroatoms. The molecule has 0 heterocycles. The summed E-state index contributed by atoms with van der Waals surface area (Å²) in [7, 11) is 1.96. The molecule has 1 rings (SSSR count). The van der Waals surface area contributed by atoms with Crippen LogP contribution in [-0.4, -0.2) is 7.05 Å². The molecule has 0 aliphatic carbocycles. The molecule has 0 radical (unpaired) electrons. The van der Waals surface area contributed by atoms with E-state index in [1.165, 1.54) is 5.56 Å². The lowest BCUT2D eigenvalue weighted by atomic mass is 10.1. The lowest BCUT2D eigenvalue weighted by molar-refractivity contribution is 0.652. The van der Waals surface area contributed by atoms with Gasteiger partial charge in [-0.1, -0.05) is 28.1 Å². The van der Waals surface area contributed by atoms with E-state index in [1.54, 1.807) is 0 Å². The SMILES string of the molecule is CN[C@H](C)c1cccc(Br)c1.Cl. The molecule has 0 saturated heterocycles. The Hall–Kier alpha value is -0.0500. The van der Waals surface area contributed by atoms with Gasteiger partial charge >= 0.3 is 0 Å². The summed E-state index contributed by atoms with van der Waals surface area (Å²) in [5.41, 5.74) is 1.31. The summed E-state index contributed by atoms with van der Waals surface area (Å²) in [6, 6.07) is 8.75. The second-order valence-corrected chi connectivity index (χ2v) is 3.48. The molecule has 0 bridgehead atoms. The van der Waals surface area contributed by atoms with Crippen LogP contribution < -0.4 is 5.32 Å². The number of halogens is 2. The predicted molar refractivity (Wildman–Crippen MR) is 58.9 cm³/mol. The number of hydrogen-bond acceptors (Lipinski definition) is 1. The fraction of sp³-hybridized carbons (Fsp3) is 0.333. The number of hydrogen-bond donors (Lipinski definition) is 1. The summed E-state index contributed by atoms with van der Waals surface area (Å²) in [4.78, 5) is 0. The third kappa shape index (κ3) is 3.13. The van der Waals surface area contributed by atoms with Crippen LogP contribution >= 0.6 is 28.3 Å². The Labute approximate surface area is 88.1 Å². The molecule has 0 amide bonds. The van der Waals surface area contributed by atoms with Crippen molar-refractivity contribution in [3.8, 4) is 0 Å². The summed E-state index contributed by atoms with van der Waals surface area (Å²) >= 11 is 3.43. The van der Waals surface area contributed by atoms with Gasteiger partial charge in [0, 0.05) is 10.5 Å². The number of rotatable bonds is 2. The first-order valence-corrected chi connectivity index (χ1v) is 4.46. The normalized spacial score (nSPS) is 11.9. The van der Waals surface area contributed by atoms with Gasteiger partial charge in [-0.2, -0.15) is 0 Å². The Kier molecular flexibility index (Phi) is 5.55. The molecule has 12 heavy (non-hydrogen) atoms. The highest BCUT2D eigenvalue weighted by molar-refractivity contribution is 9.10. The first kappa shape index (κ1) is 11.9. The van der Waals surface area contributed by atoms with Crippen LogP contribution in [0.4, 0.5) is 0 Å².